The molecule has 2 rings (SSSR count). The zero-order chi connectivity index (χ0) is 8.39. The highest BCUT2D eigenvalue weighted by molar-refractivity contribution is 5.60. The van der Waals surface area contributed by atoms with E-state index in [9.17, 15) is 0 Å². The summed E-state index contributed by atoms with van der Waals surface area (Å²) in [7, 11) is 0. The van der Waals surface area contributed by atoms with E-state index in [0.29, 0.717) is 0 Å². The van der Waals surface area contributed by atoms with Crippen molar-refractivity contribution in [3.8, 4) is 11.1 Å². The number of nitrogens with zero attached hydrogens (tertiary/aromatic N) is 1. The lowest BCUT2D eigenvalue weighted by atomic mass is 10.1. The van der Waals surface area contributed by atoms with Gasteiger partial charge in [-0.3, -0.25) is 5.10 Å². The molecule has 0 atom stereocenters. The zero-order valence-electron chi connectivity index (χ0n) is 6.83. The van der Waals surface area contributed by atoms with Crippen LogP contribution in [-0.4, -0.2) is 10.2 Å². The molecule has 0 aliphatic carbocycles. The number of nitrogens with one attached hydrogen (secondary N) is 1. The second kappa shape index (κ2) is 2.81. The van der Waals surface area contributed by atoms with Gasteiger partial charge in [0.15, 0.2) is 0 Å². The topological polar surface area (TPSA) is 28.7 Å². The fourth-order valence-corrected chi connectivity index (χ4v) is 1.10. The van der Waals surface area contributed by atoms with E-state index in [4.69, 9.17) is 0 Å². The van der Waals surface area contributed by atoms with Gasteiger partial charge in [0.2, 0.25) is 0 Å². The maximum Gasteiger partial charge on any atom is 0.121 e. The molecule has 0 saturated heterocycles. The molecule has 1 aromatic heterocycles. The van der Waals surface area contributed by atoms with Crippen molar-refractivity contribution in [2.24, 2.45) is 0 Å². The molecule has 0 aliphatic heterocycles. The van der Waals surface area contributed by atoms with Crippen molar-refractivity contribution in [1.29, 1.82) is 0 Å². The highest BCUT2D eigenvalue weighted by atomic mass is 15.1. The van der Waals surface area contributed by atoms with Gasteiger partial charge in [-0.15, -0.1) is 0 Å². The molecule has 1 radical (unpaired) electrons. The van der Waals surface area contributed by atoms with E-state index in [1.807, 2.05) is 6.20 Å². The van der Waals surface area contributed by atoms with Crippen LogP contribution in [0.2, 0.25) is 0 Å². The molecule has 0 bridgehead atoms. The van der Waals surface area contributed by atoms with Crippen molar-refractivity contribution >= 4 is 0 Å². The summed E-state index contributed by atoms with van der Waals surface area (Å²) < 4.78 is 0. The van der Waals surface area contributed by atoms with Crippen LogP contribution in [0.5, 0.6) is 0 Å². The molecule has 0 fully saturated rings. The van der Waals surface area contributed by atoms with Crippen LogP contribution >= 0.6 is 0 Å². The predicted octanol–water partition coefficient (Wildman–Crippen LogP) is 2.19. The molecule has 1 aromatic carbocycles. The van der Waals surface area contributed by atoms with Crippen LogP contribution < -0.4 is 0 Å². The lowest BCUT2D eigenvalue weighted by molar-refractivity contribution is 1.08. The number of rotatable bonds is 1. The minimum absolute atomic E-state index is 1.01. The van der Waals surface area contributed by atoms with Crippen LogP contribution in [0.1, 0.15) is 5.56 Å². The monoisotopic (exact) mass is 157 g/mol. The molecule has 2 heteroatoms. The van der Waals surface area contributed by atoms with Gasteiger partial charge in [0.1, 0.15) is 6.20 Å². The Bertz CT molecular complexity index is 346. The van der Waals surface area contributed by atoms with Gasteiger partial charge < -0.3 is 0 Å². The second-order valence-corrected chi connectivity index (χ2v) is 2.78. The third-order valence-corrected chi connectivity index (χ3v) is 1.81. The smallest absolute Gasteiger partial charge is 0.121 e. The van der Waals surface area contributed by atoms with E-state index in [2.05, 4.69) is 47.6 Å². The molecule has 2 aromatic rings. The first-order chi connectivity index (χ1) is 5.86. The van der Waals surface area contributed by atoms with Crippen molar-refractivity contribution in [2.75, 3.05) is 0 Å². The number of aryl methyl sites for hydroxylation is 1. The molecule has 0 spiro atoms. The van der Waals surface area contributed by atoms with Gasteiger partial charge >= 0.3 is 0 Å². The van der Waals surface area contributed by atoms with Crippen LogP contribution in [0, 0.1) is 13.1 Å². The first-order valence-corrected chi connectivity index (χ1v) is 3.85. The molecule has 2 nitrogen and oxygen atoms in total. The van der Waals surface area contributed by atoms with E-state index in [-0.39, 0.29) is 0 Å². The maximum atomic E-state index is 3.77. The fourth-order valence-electron chi connectivity index (χ4n) is 1.10. The molecule has 0 unspecified atom stereocenters. The third kappa shape index (κ3) is 1.23. The Morgan fingerprint density at radius 3 is 2.58 bits per heavy atom. The first-order valence-electron chi connectivity index (χ1n) is 3.85. The van der Waals surface area contributed by atoms with Crippen LogP contribution in [0.3, 0.4) is 0 Å². The number of hydrogen-bond donors (Lipinski definition) is 1. The summed E-state index contributed by atoms with van der Waals surface area (Å²) in [4.78, 5) is 0. The lowest BCUT2D eigenvalue weighted by Crippen LogP contribution is -1.74. The molecule has 0 aliphatic rings. The van der Waals surface area contributed by atoms with Gasteiger partial charge in [0.25, 0.3) is 0 Å². The number of hydrogen-bond acceptors (Lipinski definition) is 1. The lowest BCUT2D eigenvalue weighted by Gasteiger charge is -1.95. The Labute approximate surface area is 71.3 Å². The SMILES string of the molecule is Cc1ccc(-c2[c]n[nH]c2)cc1. The molecule has 1 N–H and O–H groups in total. The number of aromatic nitrogens is 2. The first kappa shape index (κ1) is 7.10. The predicted molar refractivity (Wildman–Crippen MR) is 47.6 cm³/mol. The van der Waals surface area contributed by atoms with Gasteiger partial charge in [0, 0.05) is 11.8 Å². The summed E-state index contributed by atoms with van der Waals surface area (Å²) >= 11 is 0. The molecular weight excluding hydrogens is 148 g/mol. The highest BCUT2D eigenvalue weighted by Gasteiger charge is 1.96. The second-order valence-electron chi connectivity index (χ2n) is 2.78. The van der Waals surface area contributed by atoms with Crippen LogP contribution in [-0.2, 0) is 0 Å². The summed E-state index contributed by atoms with van der Waals surface area (Å²) in [5.74, 6) is 0. The van der Waals surface area contributed by atoms with Gasteiger partial charge in [-0.1, -0.05) is 29.8 Å². The minimum atomic E-state index is 1.01. The fraction of sp³-hybridized carbons (Fsp3) is 0.100. The van der Waals surface area contributed by atoms with Crippen molar-refractivity contribution in [2.45, 2.75) is 6.92 Å². The molecular formula is C10H9N2. The zero-order valence-corrected chi connectivity index (χ0v) is 6.83. The van der Waals surface area contributed by atoms with Crippen molar-refractivity contribution in [3.05, 3.63) is 42.2 Å². The summed E-state index contributed by atoms with van der Waals surface area (Å²) in [6.07, 6.45) is 4.71. The standard InChI is InChI=1S/C10H9N2/c1-8-2-4-9(5-3-8)10-6-11-12-7-10/h2-6H,1H3,(H,11,12). The van der Waals surface area contributed by atoms with Crippen LogP contribution in [0.4, 0.5) is 0 Å². The Hall–Kier alpha value is -1.57. The largest absolute Gasteiger partial charge is 0.284 e. The van der Waals surface area contributed by atoms with Gasteiger partial charge in [0.05, 0.1) is 0 Å². The van der Waals surface area contributed by atoms with E-state index in [1.54, 1.807) is 0 Å². The Kier molecular flexibility index (Phi) is 1.67. The average molecular weight is 157 g/mol. The van der Waals surface area contributed by atoms with E-state index < -0.39 is 0 Å². The molecule has 0 amide bonds. The van der Waals surface area contributed by atoms with Gasteiger partial charge in [-0.25, -0.2) is 0 Å². The molecule has 59 valence electrons. The van der Waals surface area contributed by atoms with Gasteiger partial charge in [-0.05, 0) is 12.5 Å². The molecule has 1 heterocycles. The van der Waals surface area contributed by atoms with Gasteiger partial charge in [-0.2, -0.15) is 5.10 Å². The average Bonchev–Trinajstić information content (AvgIpc) is 2.58. The maximum absolute atomic E-state index is 3.77. The number of H-pyrrole nitrogens is 1. The van der Waals surface area contributed by atoms with Crippen molar-refractivity contribution in [3.63, 3.8) is 0 Å². The minimum Gasteiger partial charge on any atom is -0.284 e. The normalized spacial score (nSPS) is 10.1. The van der Waals surface area contributed by atoms with E-state index >= 15 is 0 Å². The van der Waals surface area contributed by atoms with Crippen LogP contribution in [0.15, 0.2) is 30.5 Å². The Morgan fingerprint density at radius 2 is 2.00 bits per heavy atom. The highest BCUT2D eigenvalue weighted by Crippen LogP contribution is 2.16. The quantitative estimate of drug-likeness (QED) is 0.675. The van der Waals surface area contributed by atoms with E-state index in [1.165, 1.54) is 5.56 Å². The number of benzene rings is 1. The summed E-state index contributed by atoms with van der Waals surface area (Å²) in [6.45, 7) is 2.07. The summed E-state index contributed by atoms with van der Waals surface area (Å²) in [5, 5.41) is 6.51. The Balaban J connectivity index is 2.43. The molecule has 0 saturated carbocycles. The number of aromatic amines is 1. The van der Waals surface area contributed by atoms with Crippen molar-refractivity contribution < 1.29 is 0 Å². The Morgan fingerprint density at radius 1 is 1.25 bits per heavy atom. The van der Waals surface area contributed by atoms with Crippen molar-refractivity contribution in [1.82, 2.24) is 10.2 Å². The van der Waals surface area contributed by atoms with E-state index in [0.717, 1.165) is 11.1 Å². The summed E-state index contributed by atoms with van der Waals surface area (Å²) in [6, 6.07) is 8.29. The third-order valence-electron chi connectivity index (χ3n) is 1.81. The summed E-state index contributed by atoms with van der Waals surface area (Å²) in [5.41, 5.74) is 3.42. The molecule has 12 heavy (non-hydrogen) atoms. The van der Waals surface area contributed by atoms with Crippen LogP contribution in [0.25, 0.3) is 11.1 Å².